The molecule has 2 N–H and O–H groups in total. The van der Waals surface area contributed by atoms with Gasteiger partial charge in [0.15, 0.2) is 0 Å². The number of fused-ring (bicyclic) bond motifs is 2. The van der Waals surface area contributed by atoms with Crippen LogP contribution in [0.25, 0.3) is 0 Å². The van der Waals surface area contributed by atoms with Gasteiger partial charge >= 0.3 is 0 Å². The molecule has 0 bridgehead atoms. The van der Waals surface area contributed by atoms with Gasteiger partial charge in [-0.1, -0.05) is 24.3 Å². The van der Waals surface area contributed by atoms with Crippen LogP contribution in [-0.2, 0) is 11.2 Å². The van der Waals surface area contributed by atoms with E-state index in [2.05, 4.69) is 34.9 Å². The summed E-state index contributed by atoms with van der Waals surface area (Å²) in [6.45, 7) is 2.52. The van der Waals surface area contributed by atoms with Crippen LogP contribution in [0, 0.1) is 0 Å². The third-order valence-corrected chi connectivity index (χ3v) is 6.35. The molecule has 1 aliphatic carbocycles. The molecule has 4 rings (SSSR count). The Morgan fingerprint density at radius 1 is 1.27 bits per heavy atom. The second-order valence-electron chi connectivity index (χ2n) is 6.96. The summed E-state index contributed by atoms with van der Waals surface area (Å²) in [5.41, 5.74) is 4.08. The molecule has 0 spiro atoms. The maximum Gasteiger partial charge on any atom is 0.251 e. The van der Waals surface area contributed by atoms with E-state index in [1.807, 2.05) is 19.1 Å². The standard InChI is InChI=1S/C21H22N2O2S/c1-13-20(24)23-18-11-15(9-10-19(18)26-13)21(25)22-12-16-7-4-6-14-5-2-3-8-17(14)16/h2-3,5,8-11,13,16H,4,6-7,12H2,1H3,(H,22,25)(H,23,24). The number of amides is 2. The Hall–Kier alpha value is -2.27. The van der Waals surface area contributed by atoms with Crippen molar-refractivity contribution in [3.05, 3.63) is 59.2 Å². The van der Waals surface area contributed by atoms with Crippen LogP contribution in [0.3, 0.4) is 0 Å². The molecule has 2 amide bonds. The van der Waals surface area contributed by atoms with Crippen LogP contribution in [0.15, 0.2) is 47.4 Å². The van der Waals surface area contributed by atoms with E-state index in [1.165, 1.54) is 22.9 Å². The minimum absolute atomic E-state index is 0.0149. The summed E-state index contributed by atoms with van der Waals surface area (Å²) in [5, 5.41) is 5.86. The van der Waals surface area contributed by atoms with Gasteiger partial charge in [0.1, 0.15) is 0 Å². The van der Waals surface area contributed by atoms with Gasteiger partial charge in [0.05, 0.1) is 10.9 Å². The van der Waals surface area contributed by atoms with Crippen molar-refractivity contribution in [2.45, 2.75) is 42.2 Å². The lowest BCUT2D eigenvalue weighted by atomic mass is 9.83. The number of rotatable bonds is 3. The summed E-state index contributed by atoms with van der Waals surface area (Å²) >= 11 is 1.52. The van der Waals surface area contributed by atoms with Crippen LogP contribution >= 0.6 is 11.8 Å². The molecule has 2 aliphatic rings. The highest BCUT2D eigenvalue weighted by Gasteiger charge is 2.24. The van der Waals surface area contributed by atoms with Crippen molar-refractivity contribution in [1.82, 2.24) is 5.32 Å². The molecule has 134 valence electrons. The Bertz CT molecular complexity index is 865. The van der Waals surface area contributed by atoms with Crippen LogP contribution < -0.4 is 10.6 Å². The Labute approximate surface area is 157 Å². The van der Waals surface area contributed by atoms with Crippen molar-refractivity contribution in [1.29, 1.82) is 0 Å². The Balaban J connectivity index is 1.45. The molecule has 0 fully saturated rings. The van der Waals surface area contributed by atoms with E-state index >= 15 is 0 Å². The average Bonchev–Trinajstić information content (AvgIpc) is 2.66. The van der Waals surface area contributed by atoms with E-state index in [4.69, 9.17) is 0 Å². The van der Waals surface area contributed by atoms with Crippen LogP contribution in [0.2, 0.25) is 0 Å². The van der Waals surface area contributed by atoms with E-state index in [0.717, 1.165) is 29.8 Å². The molecule has 1 heterocycles. The molecule has 0 radical (unpaired) electrons. The fraction of sp³-hybridized carbons (Fsp3) is 0.333. The van der Waals surface area contributed by atoms with Crippen molar-refractivity contribution in [2.75, 3.05) is 11.9 Å². The first-order valence-corrected chi connectivity index (χ1v) is 9.97. The second kappa shape index (κ2) is 7.16. The highest BCUT2D eigenvalue weighted by Crippen LogP contribution is 2.36. The predicted octanol–water partition coefficient (Wildman–Crippen LogP) is 3.97. The van der Waals surface area contributed by atoms with E-state index < -0.39 is 0 Å². The van der Waals surface area contributed by atoms with Gasteiger partial charge in [-0.05, 0) is 55.5 Å². The average molecular weight is 366 g/mol. The van der Waals surface area contributed by atoms with Crippen LogP contribution in [0.1, 0.15) is 47.2 Å². The van der Waals surface area contributed by atoms with Gasteiger partial charge in [-0.15, -0.1) is 11.8 Å². The Kier molecular flexibility index (Phi) is 4.72. The van der Waals surface area contributed by atoms with E-state index in [-0.39, 0.29) is 17.1 Å². The summed E-state index contributed by atoms with van der Waals surface area (Å²) in [4.78, 5) is 25.5. The summed E-state index contributed by atoms with van der Waals surface area (Å²) in [6, 6.07) is 14.0. The summed E-state index contributed by atoms with van der Waals surface area (Å²) in [7, 11) is 0. The molecule has 1 aliphatic heterocycles. The number of nitrogens with one attached hydrogen (secondary N) is 2. The zero-order chi connectivity index (χ0) is 18.1. The third kappa shape index (κ3) is 3.36. The molecular weight excluding hydrogens is 344 g/mol. The highest BCUT2D eigenvalue weighted by atomic mass is 32.2. The summed E-state index contributed by atoms with van der Waals surface area (Å²) in [5.74, 6) is 0.269. The lowest BCUT2D eigenvalue weighted by molar-refractivity contribution is -0.115. The zero-order valence-corrected chi connectivity index (χ0v) is 15.6. The van der Waals surface area contributed by atoms with Crippen molar-refractivity contribution in [3.8, 4) is 0 Å². The molecule has 0 saturated carbocycles. The van der Waals surface area contributed by atoms with Gasteiger partial charge in [0.25, 0.3) is 5.91 Å². The maximum atomic E-state index is 12.6. The number of anilines is 1. The lowest BCUT2D eigenvalue weighted by Crippen LogP contribution is -2.30. The first-order valence-electron chi connectivity index (χ1n) is 9.09. The van der Waals surface area contributed by atoms with Crippen molar-refractivity contribution < 1.29 is 9.59 Å². The first-order chi connectivity index (χ1) is 12.6. The molecule has 4 nitrogen and oxygen atoms in total. The van der Waals surface area contributed by atoms with E-state index in [9.17, 15) is 9.59 Å². The number of aryl methyl sites for hydroxylation is 1. The van der Waals surface area contributed by atoms with Crippen LogP contribution in [0.5, 0.6) is 0 Å². The SMILES string of the molecule is CC1Sc2ccc(C(=O)NCC3CCCc4ccccc43)cc2NC1=O. The quantitative estimate of drug-likeness (QED) is 0.864. The van der Waals surface area contributed by atoms with Gasteiger partial charge in [-0.25, -0.2) is 0 Å². The molecule has 0 aromatic heterocycles. The van der Waals surface area contributed by atoms with Crippen LogP contribution in [-0.4, -0.2) is 23.6 Å². The number of carbonyl (C=O) groups is 2. The maximum absolute atomic E-state index is 12.6. The minimum Gasteiger partial charge on any atom is -0.351 e. The largest absolute Gasteiger partial charge is 0.351 e. The molecule has 2 unspecified atom stereocenters. The van der Waals surface area contributed by atoms with Gasteiger partial charge in [0.2, 0.25) is 5.91 Å². The van der Waals surface area contributed by atoms with Crippen molar-refractivity contribution in [3.63, 3.8) is 0 Å². The fourth-order valence-electron chi connectivity index (χ4n) is 3.73. The fourth-order valence-corrected chi connectivity index (χ4v) is 4.66. The van der Waals surface area contributed by atoms with Crippen LogP contribution in [0.4, 0.5) is 5.69 Å². The number of carbonyl (C=O) groups excluding carboxylic acids is 2. The first kappa shape index (κ1) is 17.2. The number of hydrogen-bond acceptors (Lipinski definition) is 3. The van der Waals surface area contributed by atoms with Gasteiger partial charge in [-0.2, -0.15) is 0 Å². The van der Waals surface area contributed by atoms with Gasteiger partial charge in [-0.3, -0.25) is 9.59 Å². The van der Waals surface area contributed by atoms with Gasteiger partial charge in [0, 0.05) is 22.9 Å². The smallest absolute Gasteiger partial charge is 0.251 e. The molecule has 5 heteroatoms. The second-order valence-corrected chi connectivity index (χ2v) is 8.34. The predicted molar refractivity (Wildman–Crippen MR) is 105 cm³/mol. The Morgan fingerprint density at radius 2 is 2.12 bits per heavy atom. The third-order valence-electron chi connectivity index (χ3n) is 5.18. The summed E-state index contributed by atoms with van der Waals surface area (Å²) in [6.07, 6.45) is 3.39. The van der Waals surface area contributed by atoms with E-state index in [0.29, 0.717) is 18.0 Å². The topological polar surface area (TPSA) is 58.2 Å². The Morgan fingerprint density at radius 3 is 3.00 bits per heavy atom. The minimum atomic E-state index is -0.103. The molecule has 2 aromatic carbocycles. The monoisotopic (exact) mass is 366 g/mol. The number of hydrogen-bond donors (Lipinski definition) is 2. The zero-order valence-electron chi connectivity index (χ0n) is 14.7. The van der Waals surface area contributed by atoms with Crippen molar-refractivity contribution >= 4 is 29.3 Å². The normalized spacial score (nSPS) is 21.3. The van der Waals surface area contributed by atoms with Gasteiger partial charge < -0.3 is 10.6 Å². The number of benzene rings is 2. The lowest BCUT2D eigenvalue weighted by Gasteiger charge is -2.26. The molecule has 26 heavy (non-hydrogen) atoms. The molecular formula is C21H22N2O2S. The number of thioether (sulfide) groups is 1. The molecule has 2 atom stereocenters. The van der Waals surface area contributed by atoms with Crippen molar-refractivity contribution in [2.24, 2.45) is 0 Å². The molecule has 0 saturated heterocycles. The summed E-state index contributed by atoms with van der Waals surface area (Å²) < 4.78 is 0. The molecule has 2 aromatic rings. The van der Waals surface area contributed by atoms with E-state index in [1.54, 1.807) is 6.07 Å². The highest BCUT2D eigenvalue weighted by molar-refractivity contribution is 8.00.